The number of piperazine rings is 1. The van der Waals surface area contributed by atoms with Gasteiger partial charge in [0.1, 0.15) is 0 Å². The van der Waals surface area contributed by atoms with Gasteiger partial charge in [0.05, 0.1) is 12.6 Å². The Morgan fingerprint density at radius 1 is 1.29 bits per heavy atom. The summed E-state index contributed by atoms with van der Waals surface area (Å²) in [5, 5.41) is 12.0. The van der Waals surface area contributed by atoms with Gasteiger partial charge in [0.2, 0.25) is 0 Å². The van der Waals surface area contributed by atoms with Crippen molar-refractivity contribution in [2.45, 2.75) is 12.5 Å². The zero-order valence-corrected chi connectivity index (χ0v) is 8.58. The minimum atomic E-state index is 0.594. The van der Waals surface area contributed by atoms with E-state index < -0.39 is 0 Å². The van der Waals surface area contributed by atoms with Gasteiger partial charge >= 0.3 is 0 Å². The van der Waals surface area contributed by atoms with Crippen LogP contribution in [0.25, 0.3) is 0 Å². The van der Waals surface area contributed by atoms with Crippen LogP contribution in [0.1, 0.15) is 6.42 Å². The summed E-state index contributed by atoms with van der Waals surface area (Å²) in [6.07, 6.45) is 1.29. The second-order valence-electron chi connectivity index (χ2n) is 4.12. The number of hydrogen-bond acceptors (Lipinski definition) is 4. The van der Waals surface area contributed by atoms with Gasteiger partial charge in [-0.1, -0.05) is 0 Å². The Labute approximate surface area is 85.5 Å². The van der Waals surface area contributed by atoms with Crippen molar-refractivity contribution in [3.63, 3.8) is 0 Å². The molecule has 0 aliphatic carbocycles. The second kappa shape index (κ2) is 4.74. The van der Waals surface area contributed by atoms with Crippen LogP contribution >= 0.6 is 0 Å². The zero-order valence-electron chi connectivity index (χ0n) is 8.58. The fourth-order valence-corrected chi connectivity index (χ4v) is 2.34. The molecule has 0 aromatic heterocycles. The Morgan fingerprint density at radius 3 is 2.64 bits per heavy atom. The lowest BCUT2D eigenvalue weighted by Crippen LogP contribution is -2.50. The van der Waals surface area contributed by atoms with Crippen molar-refractivity contribution in [3.05, 3.63) is 0 Å². The molecule has 1 atom stereocenters. The van der Waals surface area contributed by atoms with Crippen LogP contribution < -0.4 is 5.32 Å². The van der Waals surface area contributed by atoms with Gasteiger partial charge in [-0.25, -0.2) is 0 Å². The Balaban J connectivity index is 1.75. The van der Waals surface area contributed by atoms with E-state index in [1.165, 1.54) is 13.0 Å². The van der Waals surface area contributed by atoms with E-state index >= 15 is 0 Å². The lowest BCUT2D eigenvalue weighted by Gasteiger charge is -2.36. The third kappa shape index (κ3) is 2.24. The highest BCUT2D eigenvalue weighted by molar-refractivity contribution is 4.86. The smallest absolute Gasteiger partial charge is 0.0866 e. The molecule has 14 heavy (non-hydrogen) atoms. The van der Waals surface area contributed by atoms with Crippen LogP contribution in [0.15, 0.2) is 0 Å². The van der Waals surface area contributed by atoms with Crippen LogP contribution in [0, 0.1) is 11.3 Å². The largest absolute Gasteiger partial charge is 0.315 e. The maximum atomic E-state index is 8.58. The lowest BCUT2D eigenvalue weighted by atomic mass is 10.2. The predicted molar refractivity (Wildman–Crippen MR) is 54.9 cm³/mol. The summed E-state index contributed by atoms with van der Waals surface area (Å²) in [5.74, 6) is 0. The van der Waals surface area contributed by atoms with E-state index in [1.807, 2.05) is 0 Å². The average Bonchev–Trinajstić information content (AvgIpc) is 2.72. The van der Waals surface area contributed by atoms with E-state index in [0.717, 1.165) is 38.8 Å². The molecule has 0 bridgehead atoms. The molecule has 4 nitrogen and oxygen atoms in total. The molecule has 0 amide bonds. The molecule has 2 saturated heterocycles. The number of nitrogens with zero attached hydrogens (tertiary/aromatic N) is 3. The minimum absolute atomic E-state index is 0.594. The lowest BCUT2D eigenvalue weighted by molar-refractivity contribution is 0.111. The van der Waals surface area contributed by atoms with Gasteiger partial charge in [-0.3, -0.25) is 9.80 Å². The van der Waals surface area contributed by atoms with E-state index in [-0.39, 0.29) is 0 Å². The molecule has 0 aromatic rings. The van der Waals surface area contributed by atoms with Crippen molar-refractivity contribution in [2.75, 3.05) is 45.8 Å². The van der Waals surface area contributed by atoms with Crippen molar-refractivity contribution >= 4 is 0 Å². The molecule has 0 saturated carbocycles. The Bertz CT molecular complexity index is 209. The van der Waals surface area contributed by atoms with E-state index in [2.05, 4.69) is 21.2 Å². The van der Waals surface area contributed by atoms with Gasteiger partial charge in [0.25, 0.3) is 0 Å². The van der Waals surface area contributed by atoms with E-state index in [9.17, 15) is 0 Å². The first kappa shape index (κ1) is 9.91. The fourth-order valence-electron chi connectivity index (χ4n) is 2.34. The summed E-state index contributed by atoms with van der Waals surface area (Å²) < 4.78 is 0. The fraction of sp³-hybridized carbons (Fsp3) is 0.900. The summed E-state index contributed by atoms with van der Waals surface area (Å²) in [6, 6.07) is 2.97. The van der Waals surface area contributed by atoms with Crippen molar-refractivity contribution in [2.24, 2.45) is 0 Å². The van der Waals surface area contributed by atoms with Gasteiger partial charge in [-0.2, -0.15) is 5.26 Å². The first-order valence-electron chi connectivity index (χ1n) is 5.44. The van der Waals surface area contributed by atoms with E-state index in [1.54, 1.807) is 0 Å². The third-order valence-electron chi connectivity index (χ3n) is 3.25. The molecule has 2 fully saturated rings. The van der Waals surface area contributed by atoms with Gasteiger partial charge in [-0.05, 0) is 13.0 Å². The van der Waals surface area contributed by atoms with E-state index in [0.29, 0.717) is 6.54 Å². The van der Waals surface area contributed by atoms with Crippen LogP contribution in [0.2, 0.25) is 0 Å². The number of nitrogens with one attached hydrogen (secondary N) is 1. The molecule has 1 N–H and O–H groups in total. The molecule has 2 aliphatic heterocycles. The molecule has 0 aromatic carbocycles. The molecular formula is C10H18N4. The van der Waals surface area contributed by atoms with Crippen molar-refractivity contribution in [3.8, 4) is 6.07 Å². The second-order valence-corrected chi connectivity index (χ2v) is 4.12. The molecule has 2 aliphatic rings. The summed E-state index contributed by atoms with van der Waals surface area (Å²) in [6.45, 7) is 7.30. The van der Waals surface area contributed by atoms with Gasteiger partial charge in [0.15, 0.2) is 0 Å². The normalized spacial score (nSPS) is 30.4. The molecule has 0 spiro atoms. The summed E-state index contributed by atoms with van der Waals surface area (Å²) in [4.78, 5) is 4.80. The predicted octanol–water partition coefficient (Wildman–Crippen LogP) is -0.511. The maximum absolute atomic E-state index is 8.58. The van der Waals surface area contributed by atoms with Crippen LogP contribution in [0.3, 0.4) is 0 Å². The highest BCUT2D eigenvalue weighted by Gasteiger charge is 2.25. The summed E-state index contributed by atoms with van der Waals surface area (Å²) >= 11 is 0. The van der Waals surface area contributed by atoms with Crippen molar-refractivity contribution in [1.82, 2.24) is 15.1 Å². The third-order valence-corrected chi connectivity index (χ3v) is 3.25. The number of hydrogen-bond donors (Lipinski definition) is 1. The highest BCUT2D eigenvalue weighted by atomic mass is 15.3. The zero-order chi connectivity index (χ0) is 9.80. The highest BCUT2D eigenvalue weighted by Crippen LogP contribution is 2.11. The Morgan fingerprint density at radius 2 is 2.07 bits per heavy atom. The number of nitriles is 1. The first-order valence-corrected chi connectivity index (χ1v) is 5.44. The van der Waals surface area contributed by atoms with Crippen LogP contribution in [0.4, 0.5) is 0 Å². The molecular weight excluding hydrogens is 176 g/mol. The van der Waals surface area contributed by atoms with Gasteiger partial charge in [-0.15, -0.1) is 0 Å². The maximum Gasteiger partial charge on any atom is 0.0866 e. The SMILES string of the molecule is N#CCN1CCN(C2CCNC2)CC1. The van der Waals surface area contributed by atoms with E-state index in [4.69, 9.17) is 5.26 Å². The topological polar surface area (TPSA) is 42.3 Å². The number of rotatable bonds is 2. The molecule has 2 heterocycles. The Hall–Kier alpha value is -0.630. The quantitative estimate of drug-likeness (QED) is 0.601. The monoisotopic (exact) mass is 194 g/mol. The van der Waals surface area contributed by atoms with Gasteiger partial charge in [0, 0.05) is 38.8 Å². The molecule has 1 unspecified atom stereocenters. The average molecular weight is 194 g/mol. The minimum Gasteiger partial charge on any atom is -0.315 e. The molecule has 0 radical (unpaired) electrons. The molecule has 78 valence electrons. The standard InChI is InChI=1S/C10H18N4/c11-2-4-13-5-7-14(8-6-13)10-1-3-12-9-10/h10,12H,1,3-9H2. The molecule has 4 heteroatoms. The van der Waals surface area contributed by atoms with Gasteiger partial charge < -0.3 is 5.32 Å². The summed E-state index contributed by atoms with van der Waals surface area (Å²) in [7, 11) is 0. The van der Waals surface area contributed by atoms with Crippen LogP contribution in [-0.4, -0.2) is 61.7 Å². The molecule has 2 rings (SSSR count). The first-order chi connectivity index (χ1) is 6.90. The van der Waals surface area contributed by atoms with Crippen LogP contribution in [-0.2, 0) is 0 Å². The van der Waals surface area contributed by atoms with Crippen molar-refractivity contribution < 1.29 is 0 Å². The van der Waals surface area contributed by atoms with Crippen LogP contribution in [0.5, 0.6) is 0 Å². The summed E-state index contributed by atoms with van der Waals surface area (Å²) in [5.41, 5.74) is 0. The Kier molecular flexibility index (Phi) is 3.35. The van der Waals surface area contributed by atoms with Crippen molar-refractivity contribution in [1.29, 1.82) is 5.26 Å².